The normalized spacial score (nSPS) is 13.3. The number of Topliss-reactive ketones (excluding diaryl/α,β-unsaturated/α-hetero) is 1. The van der Waals surface area contributed by atoms with Gasteiger partial charge in [-0.25, -0.2) is 0 Å². The zero-order valence-corrected chi connectivity index (χ0v) is 13.6. The number of ketones is 1. The van der Waals surface area contributed by atoms with Crippen LogP contribution in [0.2, 0.25) is 0 Å². The van der Waals surface area contributed by atoms with Crippen LogP contribution in [-0.4, -0.2) is 21.7 Å². The van der Waals surface area contributed by atoms with Gasteiger partial charge in [0, 0.05) is 16.8 Å². The molecule has 4 heteroatoms. The van der Waals surface area contributed by atoms with E-state index in [4.69, 9.17) is 5.11 Å². The molecule has 114 valence electrons. The van der Waals surface area contributed by atoms with Gasteiger partial charge in [-0.3, -0.25) is 9.59 Å². The molecule has 22 heavy (non-hydrogen) atoms. The first-order valence-corrected chi connectivity index (χ1v) is 8.01. The standard InChI is InChI=1S/C18H17BrO3/c19-15(11-12-16(20)21)17(13-7-3-1-4-8-13)18(22)14-9-5-2-6-10-14/h1-10,15,17H,11-12H2,(H,20,21). The lowest BCUT2D eigenvalue weighted by Crippen LogP contribution is -2.23. The van der Waals surface area contributed by atoms with Crippen molar-refractivity contribution >= 4 is 27.7 Å². The maximum atomic E-state index is 12.9. The van der Waals surface area contributed by atoms with Crippen LogP contribution in [-0.2, 0) is 4.79 Å². The molecule has 2 aromatic rings. The second-order valence-electron chi connectivity index (χ2n) is 5.07. The Kier molecular flexibility index (Phi) is 5.90. The van der Waals surface area contributed by atoms with E-state index >= 15 is 0 Å². The predicted octanol–water partition coefficient (Wildman–Crippen LogP) is 4.28. The molecule has 0 aliphatic heterocycles. The molecule has 2 rings (SSSR count). The molecule has 0 radical (unpaired) electrons. The molecule has 0 amide bonds. The zero-order chi connectivity index (χ0) is 15.9. The molecule has 0 bridgehead atoms. The lowest BCUT2D eigenvalue weighted by atomic mass is 9.86. The molecule has 0 spiro atoms. The number of alkyl halides is 1. The van der Waals surface area contributed by atoms with Crippen LogP contribution in [0.1, 0.15) is 34.7 Å². The lowest BCUT2D eigenvalue weighted by molar-refractivity contribution is -0.137. The topological polar surface area (TPSA) is 54.4 Å². The highest BCUT2D eigenvalue weighted by molar-refractivity contribution is 9.09. The minimum absolute atomic E-state index is 0.000867. The van der Waals surface area contributed by atoms with Crippen LogP contribution in [0.3, 0.4) is 0 Å². The molecular formula is C18H17BrO3. The van der Waals surface area contributed by atoms with E-state index in [1.54, 1.807) is 12.1 Å². The molecule has 2 atom stereocenters. The van der Waals surface area contributed by atoms with Crippen LogP contribution in [0.15, 0.2) is 60.7 Å². The monoisotopic (exact) mass is 360 g/mol. The molecular weight excluding hydrogens is 344 g/mol. The van der Waals surface area contributed by atoms with Crippen molar-refractivity contribution in [1.82, 2.24) is 0 Å². The van der Waals surface area contributed by atoms with Crippen molar-refractivity contribution in [3.05, 3.63) is 71.8 Å². The summed E-state index contributed by atoms with van der Waals surface area (Å²) in [5.41, 5.74) is 1.53. The molecule has 3 nitrogen and oxygen atoms in total. The Morgan fingerprint density at radius 3 is 2.05 bits per heavy atom. The molecule has 2 aromatic carbocycles. The first kappa shape index (κ1) is 16.4. The molecule has 0 aliphatic carbocycles. The number of hydrogen-bond acceptors (Lipinski definition) is 2. The largest absolute Gasteiger partial charge is 0.481 e. The van der Waals surface area contributed by atoms with Gasteiger partial charge in [-0.05, 0) is 12.0 Å². The summed E-state index contributed by atoms with van der Waals surface area (Å²) in [5.74, 6) is -1.26. The summed E-state index contributed by atoms with van der Waals surface area (Å²) in [6.45, 7) is 0. The number of hydrogen-bond donors (Lipinski definition) is 1. The molecule has 0 heterocycles. The third-order valence-corrected chi connectivity index (χ3v) is 4.48. The van der Waals surface area contributed by atoms with Crippen molar-refractivity contribution in [1.29, 1.82) is 0 Å². The summed E-state index contributed by atoms with van der Waals surface area (Å²) in [5, 5.41) is 8.86. The van der Waals surface area contributed by atoms with Crippen molar-refractivity contribution in [2.24, 2.45) is 0 Å². The zero-order valence-electron chi connectivity index (χ0n) is 12.0. The van der Waals surface area contributed by atoms with Crippen molar-refractivity contribution in [2.45, 2.75) is 23.6 Å². The highest BCUT2D eigenvalue weighted by Gasteiger charge is 2.29. The summed E-state index contributed by atoms with van der Waals surface area (Å²) < 4.78 is 0. The van der Waals surface area contributed by atoms with E-state index in [1.165, 1.54) is 0 Å². The summed E-state index contributed by atoms with van der Waals surface area (Å²) >= 11 is 3.52. The highest BCUT2D eigenvalue weighted by atomic mass is 79.9. The fourth-order valence-electron chi connectivity index (χ4n) is 2.39. The second kappa shape index (κ2) is 7.90. The number of carbonyl (C=O) groups excluding carboxylic acids is 1. The third kappa shape index (κ3) is 4.28. The first-order chi connectivity index (χ1) is 10.6. The summed E-state index contributed by atoms with van der Waals surface area (Å²) in [6.07, 6.45) is 0.425. The maximum Gasteiger partial charge on any atom is 0.303 e. The predicted molar refractivity (Wildman–Crippen MR) is 89.5 cm³/mol. The van der Waals surface area contributed by atoms with Gasteiger partial charge in [0.1, 0.15) is 0 Å². The van der Waals surface area contributed by atoms with Gasteiger partial charge in [0.15, 0.2) is 5.78 Å². The first-order valence-electron chi connectivity index (χ1n) is 7.09. The molecule has 1 N–H and O–H groups in total. The third-order valence-electron chi connectivity index (χ3n) is 3.50. The quantitative estimate of drug-likeness (QED) is 0.592. The number of halogens is 1. The number of carbonyl (C=O) groups is 2. The number of aliphatic carboxylic acids is 1. The molecule has 0 aromatic heterocycles. The Morgan fingerprint density at radius 1 is 0.955 bits per heavy atom. The minimum atomic E-state index is -0.858. The second-order valence-corrected chi connectivity index (χ2v) is 6.24. The van der Waals surface area contributed by atoms with Gasteiger partial charge in [-0.1, -0.05) is 76.6 Å². The summed E-state index contributed by atoms with van der Waals surface area (Å²) in [6, 6.07) is 18.6. The Balaban J connectivity index is 2.29. The molecule has 0 saturated carbocycles. The smallest absolute Gasteiger partial charge is 0.303 e. The van der Waals surface area contributed by atoms with Gasteiger partial charge >= 0.3 is 5.97 Å². The van der Waals surface area contributed by atoms with Crippen LogP contribution in [0.4, 0.5) is 0 Å². The van der Waals surface area contributed by atoms with Gasteiger partial charge in [-0.15, -0.1) is 0 Å². The van der Waals surface area contributed by atoms with Gasteiger partial charge in [-0.2, -0.15) is 0 Å². The molecule has 0 aliphatic rings. The molecule has 2 unspecified atom stereocenters. The van der Waals surface area contributed by atoms with Gasteiger partial charge in [0.25, 0.3) is 0 Å². The SMILES string of the molecule is O=C(O)CCC(Br)C(C(=O)c1ccccc1)c1ccccc1. The number of carboxylic acids is 1. The van der Waals surface area contributed by atoms with E-state index in [0.717, 1.165) is 5.56 Å². The van der Waals surface area contributed by atoms with Crippen LogP contribution in [0.25, 0.3) is 0 Å². The van der Waals surface area contributed by atoms with Crippen molar-refractivity contribution in [2.75, 3.05) is 0 Å². The van der Waals surface area contributed by atoms with E-state index in [2.05, 4.69) is 15.9 Å². The average molecular weight is 361 g/mol. The van der Waals surface area contributed by atoms with Gasteiger partial charge in [0.2, 0.25) is 0 Å². The van der Waals surface area contributed by atoms with Crippen LogP contribution >= 0.6 is 15.9 Å². The van der Waals surface area contributed by atoms with Crippen molar-refractivity contribution < 1.29 is 14.7 Å². The number of rotatable bonds is 7. The fraction of sp³-hybridized carbons (Fsp3) is 0.222. The summed E-state index contributed by atoms with van der Waals surface area (Å²) in [7, 11) is 0. The van der Waals surface area contributed by atoms with E-state index in [0.29, 0.717) is 12.0 Å². The Morgan fingerprint density at radius 2 is 1.50 bits per heavy atom. The Hall–Kier alpha value is -1.94. The summed E-state index contributed by atoms with van der Waals surface area (Å²) in [4.78, 5) is 23.4. The van der Waals surface area contributed by atoms with Gasteiger partial charge < -0.3 is 5.11 Å². The lowest BCUT2D eigenvalue weighted by Gasteiger charge is -2.21. The van der Waals surface area contributed by atoms with E-state index < -0.39 is 11.9 Å². The van der Waals surface area contributed by atoms with Crippen LogP contribution < -0.4 is 0 Å². The van der Waals surface area contributed by atoms with Gasteiger partial charge in [0.05, 0.1) is 5.92 Å². The average Bonchev–Trinajstić information content (AvgIpc) is 2.55. The van der Waals surface area contributed by atoms with Crippen LogP contribution in [0, 0.1) is 0 Å². The molecule has 0 fully saturated rings. The highest BCUT2D eigenvalue weighted by Crippen LogP contribution is 2.31. The fourth-order valence-corrected chi connectivity index (χ4v) is 3.17. The minimum Gasteiger partial charge on any atom is -0.481 e. The maximum absolute atomic E-state index is 12.9. The Bertz CT molecular complexity index is 625. The van der Waals surface area contributed by atoms with Crippen LogP contribution in [0.5, 0.6) is 0 Å². The van der Waals surface area contributed by atoms with E-state index in [1.807, 2.05) is 48.5 Å². The van der Waals surface area contributed by atoms with Crippen molar-refractivity contribution in [3.63, 3.8) is 0 Å². The number of carboxylic acid groups (broad SMARTS) is 1. The Labute approximate surface area is 138 Å². The van der Waals surface area contributed by atoms with E-state index in [-0.39, 0.29) is 17.0 Å². The number of benzene rings is 2. The van der Waals surface area contributed by atoms with E-state index in [9.17, 15) is 9.59 Å². The molecule has 0 saturated heterocycles. The van der Waals surface area contributed by atoms with Crippen molar-refractivity contribution in [3.8, 4) is 0 Å².